The van der Waals surface area contributed by atoms with Crippen molar-refractivity contribution in [3.8, 4) is 0 Å². The molecule has 0 aromatic heterocycles. The van der Waals surface area contributed by atoms with E-state index in [1.807, 2.05) is 17.9 Å². The molecule has 1 aromatic carbocycles. The third-order valence-corrected chi connectivity index (χ3v) is 6.08. The van der Waals surface area contributed by atoms with Crippen LogP contribution in [0, 0.1) is 0 Å². The second-order valence-corrected chi connectivity index (χ2v) is 8.42. The fourth-order valence-electron chi connectivity index (χ4n) is 4.15. The first-order valence-electron chi connectivity index (χ1n) is 10.7. The van der Waals surface area contributed by atoms with Gasteiger partial charge in [-0.1, -0.05) is 30.3 Å². The summed E-state index contributed by atoms with van der Waals surface area (Å²) in [5, 5.41) is 3.26. The molecule has 2 fully saturated rings. The Morgan fingerprint density at radius 1 is 1.03 bits per heavy atom. The molecule has 7 nitrogen and oxygen atoms in total. The highest BCUT2D eigenvalue weighted by Gasteiger charge is 2.29. The van der Waals surface area contributed by atoms with Crippen molar-refractivity contribution in [2.75, 3.05) is 53.4 Å². The smallest absolute Gasteiger partial charge is 0.319 e. The van der Waals surface area contributed by atoms with Crippen LogP contribution >= 0.6 is 0 Å². The highest BCUT2D eigenvalue weighted by atomic mass is 16.2. The number of nitrogens with one attached hydrogen (secondary N) is 1. The molecule has 160 valence electrons. The van der Waals surface area contributed by atoms with Gasteiger partial charge in [0.05, 0.1) is 6.04 Å². The van der Waals surface area contributed by atoms with Crippen molar-refractivity contribution in [2.24, 2.45) is 0 Å². The number of amides is 3. The zero-order chi connectivity index (χ0) is 20.8. The van der Waals surface area contributed by atoms with Gasteiger partial charge in [0.2, 0.25) is 5.91 Å². The lowest BCUT2D eigenvalue weighted by Crippen LogP contribution is -2.57. The molecule has 0 saturated carbocycles. The van der Waals surface area contributed by atoms with E-state index < -0.39 is 0 Å². The molecular formula is C22H35N5O2. The summed E-state index contributed by atoms with van der Waals surface area (Å²) in [5.74, 6) is 0.110. The molecule has 0 bridgehead atoms. The van der Waals surface area contributed by atoms with Gasteiger partial charge in [0.1, 0.15) is 0 Å². The predicted octanol–water partition coefficient (Wildman–Crippen LogP) is 1.45. The fraction of sp³-hybridized carbons (Fsp3) is 0.636. The normalized spacial score (nSPS) is 20.3. The van der Waals surface area contributed by atoms with Gasteiger partial charge in [-0.25, -0.2) is 4.79 Å². The van der Waals surface area contributed by atoms with Crippen molar-refractivity contribution >= 4 is 11.9 Å². The maximum Gasteiger partial charge on any atom is 0.319 e. The van der Waals surface area contributed by atoms with E-state index in [0.29, 0.717) is 13.1 Å². The molecule has 1 unspecified atom stereocenters. The fourth-order valence-corrected chi connectivity index (χ4v) is 4.15. The number of carbonyl (C=O) groups is 2. The molecule has 2 aliphatic rings. The zero-order valence-corrected chi connectivity index (χ0v) is 18.0. The molecule has 2 saturated heterocycles. The molecule has 2 aliphatic heterocycles. The van der Waals surface area contributed by atoms with Crippen LogP contribution in [0.2, 0.25) is 0 Å². The van der Waals surface area contributed by atoms with Gasteiger partial charge in [-0.15, -0.1) is 0 Å². The molecule has 7 heteroatoms. The van der Waals surface area contributed by atoms with Crippen LogP contribution in [0.5, 0.6) is 0 Å². The molecule has 1 aromatic rings. The van der Waals surface area contributed by atoms with E-state index >= 15 is 0 Å². The molecule has 2 heterocycles. The van der Waals surface area contributed by atoms with Crippen LogP contribution < -0.4 is 5.32 Å². The number of nitrogens with zero attached hydrogens (tertiary/aromatic N) is 4. The second-order valence-electron chi connectivity index (χ2n) is 8.42. The van der Waals surface area contributed by atoms with Gasteiger partial charge < -0.3 is 15.1 Å². The Hall–Kier alpha value is -2.12. The standard InChI is InChI=1S/C22H35N5O2/c1-18(26-13-15-27(16-14-26)22(29)24(2)3)21(28)23-20-9-11-25(12-10-20)17-19-7-5-4-6-8-19/h4-8,18,20H,9-17H2,1-3H3,(H,23,28). The lowest BCUT2D eigenvalue weighted by Gasteiger charge is -2.39. The van der Waals surface area contributed by atoms with E-state index in [1.54, 1.807) is 19.0 Å². The molecule has 0 radical (unpaired) electrons. The summed E-state index contributed by atoms with van der Waals surface area (Å²) in [5.41, 5.74) is 1.34. The van der Waals surface area contributed by atoms with Gasteiger partial charge in [-0.05, 0) is 25.3 Å². The number of hydrogen-bond acceptors (Lipinski definition) is 4. The number of piperidine rings is 1. The van der Waals surface area contributed by atoms with Crippen molar-refractivity contribution < 1.29 is 9.59 Å². The van der Waals surface area contributed by atoms with Crippen LogP contribution in [0.3, 0.4) is 0 Å². The van der Waals surface area contributed by atoms with Crippen molar-refractivity contribution in [3.05, 3.63) is 35.9 Å². The maximum atomic E-state index is 12.8. The molecule has 0 spiro atoms. The monoisotopic (exact) mass is 401 g/mol. The van der Waals surface area contributed by atoms with Gasteiger partial charge >= 0.3 is 6.03 Å². The SMILES string of the molecule is CC(C(=O)NC1CCN(Cc2ccccc2)CC1)N1CCN(C(=O)N(C)C)CC1. The molecular weight excluding hydrogens is 366 g/mol. The molecule has 3 rings (SSSR count). The van der Waals surface area contributed by atoms with Gasteiger partial charge in [-0.2, -0.15) is 0 Å². The lowest BCUT2D eigenvalue weighted by molar-refractivity contribution is -0.127. The van der Waals surface area contributed by atoms with Crippen LogP contribution in [0.1, 0.15) is 25.3 Å². The van der Waals surface area contributed by atoms with E-state index in [2.05, 4.69) is 39.4 Å². The Bertz CT molecular complexity index is 665. The number of carbonyl (C=O) groups excluding carboxylic acids is 2. The van der Waals surface area contributed by atoms with Crippen molar-refractivity contribution in [1.29, 1.82) is 0 Å². The largest absolute Gasteiger partial charge is 0.352 e. The first-order chi connectivity index (χ1) is 13.9. The van der Waals surface area contributed by atoms with E-state index in [4.69, 9.17) is 0 Å². The molecule has 0 aliphatic carbocycles. The molecule has 1 atom stereocenters. The summed E-state index contributed by atoms with van der Waals surface area (Å²) in [6, 6.07) is 10.7. The van der Waals surface area contributed by atoms with Crippen LogP contribution in [0.25, 0.3) is 0 Å². The molecule has 29 heavy (non-hydrogen) atoms. The van der Waals surface area contributed by atoms with Gasteiger partial charge in [0, 0.05) is 66.0 Å². The number of benzene rings is 1. The summed E-state index contributed by atoms with van der Waals surface area (Å²) >= 11 is 0. The van der Waals surface area contributed by atoms with Crippen LogP contribution in [0.4, 0.5) is 4.79 Å². The number of piperazine rings is 1. The third kappa shape index (κ3) is 5.93. The number of likely N-dealkylation sites (tertiary alicyclic amines) is 1. The maximum absolute atomic E-state index is 12.8. The van der Waals surface area contributed by atoms with Crippen LogP contribution in [-0.2, 0) is 11.3 Å². The van der Waals surface area contributed by atoms with Gasteiger partial charge in [0.15, 0.2) is 0 Å². The number of hydrogen-bond donors (Lipinski definition) is 1. The third-order valence-electron chi connectivity index (χ3n) is 6.08. The first kappa shape index (κ1) is 21.6. The highest BCUT2D eigenvalue weighted by Crippen LogP contribution is 2.15. The van der Waals surface area contributed by atoms with Crippen molar-refractivity contribution in [3.63, 3.8) is 0 Å². The number of rotatable bonds is 5. The quantitative estimate of drug-likeness (QED) is 0.812. The summed E-state index contributed by atoms with van der Waals surface area (Å²) in [4.78, 5) is 32.9. The average molecular weight is 402 g/mol. The minimum Gasteiger partial charge on any atom is -0.352 e. The van der Waals surface area contributed by atoms with Crippen molar-refractivity contribution in [1.82, 2.24) is 24.9 Å². The summed E-state index contributed by atoms with van der Waals surface area (Å²) in [7, 11) is 3.55. The summed E-state index contributed by atoms with van der Waals surface area (Å²) < 4.78 is 0. The van der Waals surface area contributed by atoms with E-state index in [9.17, 15) is 9.59 Å². The Balaban J connectivity index is 1.39. The minimum absolute atomic E-state index is 0.0454. The Morgan fingerprint density at radius 2 is 1.66 bits per heavy atom. The summed E-state index contributed by atoms with van der Waals surface area (Å²) in [6.07, 6.45) is 1.99. The second kappa shape index (κ2) is 10.1. The molecule has 1 N–H and O–H groups in total. The Morgan fingerprint density at radius 3 is 2.24 bits per heavy atom. The van der Waals surface area contributed by atoms with Crippen molar-refractivity contribution in [2.45, 2.75) is 38.4 Å². The summed E-state index contributed by atoms with van der Waals surface area (Å²) in [6.45, 7) is 7.81. The topological polar surface area (TPSA) is 59.1 Å². The van der Waals surface area contributed by atoms with Gasteiger partial charge in [0.25, 0.3) is 0 Å². The van der Waals surface area contributed by atoms with E-state index in [1.165, 1.54) is 5.56 Å². The van der Waals surface area contributed by atoms with Crippen LogP contribution in [0.15, 0.2) is 30.3 Å². The van der Waals surface area contributed by atoms with E-state index in [-0.39, 0.29) is 24.0 Å². The van der Waals surface area contributed by atoms with Gasteiger partial charge in [-0.3, -0.25) is 14.6 Å². The van der Waals surface area contributed by atoms with E-state index in [0.717, 1.165) is 45.6 Å². The highest BCUT2D eigenvalue weighted by molar-refractivity contribution is 5.81. The lowest BCUT2D eigenvalue weighted by atomic mass is 10.0. The Kier molecular flexibility index (Phi) is 7.50. The average Bonchev–Trinajstić information content (AvgIpc) is 2.75. The first-order valence-corrected chi connectivity index (χ1v) is 10.7. The zero-order valence-electron chi connectivity index (χ0n) is 18.0. The number of urea groups is 1. The predicted molar refractivity (Wildman–Crippen MR) is 115 cm³/mol. The Labute approximate surface area is 174 Å². The minimum atomic E-state index is -0.158. The van der Waals surface area contributed by atoms with Crippen LogP contribution in [-0.4, -0.2) is 97.0 Å². The molecule has 3 amide bonds.